The van der Waals surface area contributed by atoms with Crippen LogP contribution in [0.2, 0.25) is 0 Å². The molecule has 1 heterocycles. The molecule has 0 radical (unpaired) electrons. The monoisotopic (exact) mass is 183 g/mol. The molecule has 0 amide bonds. The maximum atomic E-state index is 3.40. The minimum absolute atomic E-state index is 0.493. The largest absolute Gasteiger partial charge is 0.363 e. The van der Waals surface area contributed by atoms with Crippen molar-refractivity contribution in [3.63, 3.8) is 0 Å². The van der Waals surface area contributed by atoms with Gasteiger partial charge in [-0.3, -0.25) is 5.32 Å². The molecule has 3 nitrogen and oxygen atoms in total. The highest BCUT2D eigenvalue weighted by atomic mass is 15.3. The Labute approximate surface area is 81.4 Å². The second-order valence-corrected chi connectivity index (χ2v) is 3.86. The fourth-order valence-electron chi connectivity index (χ4n) is 1.51. The van der Waals surface area contributed by atoms with Crippen LogP contribution in [0.5, 0.6) is 0 Å². The van der Waals surface area contributed by atoms with Crippen molar-refractivity contribution < 1.29 is 0 Å². The average Bonchev–Trinajstić information content (AvgIpc) is 2.08. The van der Waals surface area contributed by atoms with Gasteiger partial charge in [0, 0.05) is 13.1 Å². The molecule has 0 aromatic rings. The Morgan fingerprint density at radius 3 is 2.92 bits per heavy atom. The van der Waals surface area contributed by atoms with E-state index in [1.165, 1.54) is 6.42 Å². The van der Waals surface area contributed by atoms with Crippen molar-refractivity contribution in [2.75, 3.05) is 33.7 Å². The van der Waals surface area contributed by atoms with Crippen molar-refractivity contribution in [3.8, 4) is 0 Å². The fourth-order valence-corrected chi connectivity index (χ4v) is 1.51. The Bertz CT molecular complexity index is 166. The fraction of sp³-hybridized carbons (Fsp3) is 0.800. The third kappa shape index (κ3) is 3.79. The summed E-state index contributed by atoms with van der Waals surface area (Å²) in [5.41, 5.74) is 0. The van der Waals surface area contributed by atoms with E-state index >= 15 is 0 Å². The van der Waals surface area contributed by atoms with E-state index in [2.05, 4.69) is 48.4 Å². The molecule has 1 rings (SSSR count). The predicted octanol–water partition coefficient (Wildman–Crippen LogP) is 0.703. The van der Waals surface area contributed by atoms with Crippen molar-refractivity contribution in [3.05, 3.63) is 12.3 Å². The second-order valence-electron chi connectivity index (χ2n) is 3.86. The Kier molecular flexibility index (Phi) is 4.25. The molecular formula is C10H21N3. The average molecular weight is 183 g/mol. The van der Waals surface area contributed by atoms with Crippen LogP contribution in [0.3, 0.4) is 0 Å². The standard InChI is InChI=1S/C10H21N3/c1-10-11-6-4-8-13(10)9-5-7-12(2)3/h4,8,10-11H,5-7,9H2,1-3H3. The first kappa shape index (κ1) is 10.5. The molecule has 0 saturated carbocycles. The van der Waals surface area contributed by atoms with E-state index in [0.717, 1.165) is 19.6 Å². The van der Waals surface area contributed by atoms with Crippen molar-refractivity contribution in [2.24, 2.45) is 0 Å². The quantitative estimate of drug-likeness (QED) is 0.692. The van der Waals surface area contributed by atoms with Gasteiger partial charge in [-0.2, -0.15) is 0 Å². The summed E-state index contributed by atoms with van der Waals surface area (Å²) in [5, 5.41) is 3.40. The van der Waals surface area contributed by atoms with Gasteiger partial charge in [0.25, 0.3) is 0 Å². The number of nitrogens with one attached hydrogen (secondary N) is 1. The van der Waals surface area contributed by atoms with Gasteiger partial charge in [-0.1, -0.05) is 6.08 Å². The van der Waals surface area contributed by atoms with E-state index in [9.17, 15) is 0 Å². The van der Waals surface area contributed by atoms with Crippen molar-refractivity contribution in [1.82, 2.24) is 15.1 Å². The minimum Gasteiger partial charge on any atom is -0.363 e. The third-order valence-corrected chi connectivity index (χ3v) is 2.35. The zero-order valence-corrected chi connectivity index (χ0v) is 8.95. The molecule has 0 spiro atoms. The summed E-state index contributed by atoms with van der Waals surface area (Å²) < 4.78 is 0. The molecule has 1 N–H and O–H groups in total. The molecule has 3 heteroatoms. The Morgan fingerprint density at radius 2 is 2.31 bits per heavy atom. The molecule has 0 aromatic heterocycles. The molecule has 13 heavy (non-hydrogen) atoms. The molecule has 1 atom stereocenters. The minimum atomic E-state index is 0.493. The van der Waals surface area contributed by atoms with Crippen molar-refractivity contribution >= 4 is 0 Å². The van der Waals surface area contributed by atoms with Gasteiger partial charge in [-0.15, -0.1) is 0 Å². The van der Waals surface area contributed by atoms with E-state index in [-0.39, 0.29) is 0 Å². The summed E-state index contributed by atoms with van der Waals surface area (Å²) in [6.45, 7) is 5.52. The molecule has 76 valence electrons. The number of nitrogens with zero attached hydrogens (tertiary/aromatic N) is 2. The van der Waals surface area contributed by atoms with Crippen LogP contribution < -0.4 is 5.32 Å². The zero-order valence-electron chi connectivity index (χ0n) is 8.95. The van der Waals surface area contributed by atoms with Crippen LogP contribution >= 0.6 is 0 Å². The molecule has 0 aliphatic carbocycles. The molecule has 1 aliphatic rings. The van der Waals surface area contributed by atoms with Gasteiger partial charge >= 0.3 is 0 Å². The van der Waals surface area contributed by atoms with E-state index < -0.39 is 0 Å². The van der Waals surface area contributed by atoms with Crippen LogP contribution in [0.4, 0.5) is 0 Å². The van der Waals surface area contributed by atoms with Gasteiger partial charge in [0.15, 0.2) is 0 Å². The molecule has 1 unspecified atom stereocenters. The molecule has 0 aromatic carbocycles. The van der Waals surface area contributed by atoms with Crippen LogP contribution in [0.25, 0.3) is 0 Å². The highest BCUT2D eigenvalue weighted by Crippen LogP contribution is 2.02. The van der Waals surface area contributed by atoms with E-state index in [1.807, 2.05) is 0 Å². The van der Waals surface area contributed by atoms with E-state index in [0.29, 0.717) is 6.17 Å². The topological polar surface area (TPSA) is 18.5 Å². The van der Waals surface area contributed by atoms with Gasteiger partial charge in [0.1, 0.15) is 0 Å². The number of rotatable bonds is 4. The second kappa shape index (κ2) is 5.25. The predicted molar refractivity (Wildman–Crippen MR) is 56.5 cm³/mol. The smallest absolute Gasteiger partial charge is 0.0763 e. The molecular weight excluding hydrogens is 162 g/mol. The third-order valence-electron chi connectivity index (χ3n) is 2.35. The summed E-state index contributed by atoms with van der Waals surface area (Å²) in [5.74, 6) is 0. The first-order valence-corrected chi connectivity index (χ1v) is 5.00. The Morgan fingerprint density at radius 1 is 1.54 bits per heavy atom. The lowest BCUT2D eigenvalue weighted by molar-refractivity contribution is 0.231. The number of hydrogen-bond acceptors (Lipinski definition) is 3. The van der Waals surface area contributed by atoms with Crippen molar-refractivity contribution in [2.45, 2.75) is 19.5 Å². The van der Waals surface area contributed by atoms with Gasteiger partial charge in [0.2, 0.25) is 0 Å². The lowest BCUT2D eigenvalue weighted by Crippen LogP contribution is -2.44. The van der Waals surface area contributed by atoms with Gasteiger partial charge in [-0.05, 0) is 40.2 Å². The first-order chi connectivity index (χ1) is 6.20. The molecule has 0 fully saturated rings. The Hall–Kier alpha value is -0.540. The number of hydrogen-bond donors (Lipinski definition) is 1. The summed E-state index contributed by atoms with van der Waals surface area (Å²) in [6, 6.07) is 0. The molecule has 1 aliphatic heterocycles. The van der Waals surface area contributed by atoms with Crippen LogP contribution in [0.15, 0.2) is 12.3 Å². The van der Waals surface area contributed by atoms with Crippen LogP contribution in [-0.4, -0.2) is 49.7 Å². The van der Waals surface area contributed by atoms with Crippen LogP contribution in [0, 0.1) is 0 Å². The van der Waals surface area contributed by atoms with Crippen LogP contribution in [0.1, 0.15) is 13.3 Å². The molecule has 0 saturated heterocycles. The normalized spacial score (nSPS) is 22.8. The summed E-state index contributed by atoms with van der Waals surface area (Å²) in [6.07, 6.45) is 6.10. The van der Waals surface area contributed by atoms with E-state index in [1.54, 1.807) is 0 Å². The SMILES string of the molecule is CC1NCC=CN1CCCN(C)C. The maximum absolute atomic E-state index is 3.40. The first-order valence-electron chi connectivity index (χ1n) is 5.00. The highest BCUT2D eigenvalue weighted by Gasteiger charge is 2.10. The molecule has 0 bridgehead atoms. The summed E-state index contributed by atoms with van der Waals surface area (Å²) in [4.78, 5) is 4.58. The zero-order chi connectivity index (χ0) is 9.68. The van der Waals surface area contributed by atoms with Gasteiger partial charge < -0.3 is 9.80 Å². The summed E-state index contributed by atoms with van der Waals surface area (Å²) in [7, 11) is 4.24. The van der Waals surface area contributed by atoms with Gasteiger partial charge in [-0.25, -0.2) is 0 Å². The maximum Gasteiger partial charge on any atom is 0.0763 e. The van der Waals surface area contributed by atoms with Gasteiger partial charge in [0.05, 0.1) is 6.17 Å². The summed E-state index contributed by atoms with van der Waals surface area (Å²) >= 11 is 0. The Balaban J connectivity index is 2.19. The van der Waals surface area contributed by atoms with Crippen LogP contribution in [-0.2, 0) is 0 Å². The lowest BCUT2D eigenvalue weighted by atomic mass is 10.3. The lowest BCUT2D eigenvalue weighted by Gasteiger charge is -2.31. The highest BCUT2D eigenvalue weighted by molar-refractivity contribution is 4.91. The van der Waals surface area contributed by atoms with E-state index in [4.69, 9.17) is 0 Å². The van der Waals surface area contributed by atoms with Crippen molar-refractivity contribution in [1.29, 1.82) is 0 Å².